The van der Waals surface area contributed by atoms with Gasteiger partial charge in [-0.05, 0) is 20.3 Å². The fourth-order valence-electron chi connectivity index (χ4n) is 0.987. The molecule has 0 aromatic carbocycles. The minimum absolute atomic E-state index is 0.117. The average Bonchev–Trinajstić information content (AvgIpc) is 2.09. The van der Waals surface area contributed by atoms with Gasteiger partial charge in [-0.3, -0.25) is 4.79 Å². The quantitative estimate of drug-likeness (QED) is 0.515. The first kappa shape index (κ1) is 14.2. The number of amides is 2. The number of carboxylic acids is 2. The number of urea groups is 1. The van der Waals surface area contributed by atoms with E-state index in [1.807, 2.05) is 0 Å². The second-order valence-corrected chi connectivity index (χ2v) is 3.60. The molecule has 4 N–H and O–H groups in total. The Balaban J connectivity index is 4.17. The number of carbonyl (C=O) groups is 3. The molecule has 0 spiro atoms. The van der Waals surface area contributed by atoms with Crippen LogP contribution in [-0.4, -0.2) is 40.3 Å². The topological polar surface area (TPSA) is 116 Å². The zero-order valence-electron chi connectivity index (χ0n) is 9.19. The first-order valence-electron chi connectivity index (χ1n) is 4.84. The van der Waals surface area contributed by atoms with Crippen molar-refractivity contribution in [3.8, 4) is 0 Å². The molecule has 2 amide bonds. The van der Waals surface area contributed by atoms with Crippen LogP contribution < -0.4 is 10.6 Å². The second-order valence-electron chi connectivity index (χ2n) is 3.60. The van der Waals surface area contributed by atoms with Gasteiger partial charge in [0.2, 0.25) is 0 Å². The van der Waals surface area contributed by atoms with Gasteiger partial charge >= 0.3 is 18.0 Å². The number of carboxylic acid groups (broad SMARTS) is 2. The summed E-state index contributed by atoms with van der Waals surface area (Å²) < 4.78 is 0. The van der Waals surface area contributed by atoms with Gasteiger partial charge < -0.3 is 20.8 Å². The van der Waals surface area contributed by atoms with Crippen LogP contribution in [-0.2, 0) is 9.59 Å². The van der Waals surface area contributed by atoms with Crippen molar-refractivity contribution in [1.82, 2.24) is 10.6 Å². The number of carbonyl (C=O) groups excluding carboxylic acids is 1. The minimum atomic E-state index is -1.25. The molecule has 0 aliphatic carbocycles. The normalized spacial score (nSPS) is 11.9. The van der Waals surface area contributed by atoms with Gasteiger partial charge in [-0.15, -0.1) is 0 Å². The Morgan fingerprint density at radius 2 is 1.69 bits per heavy atom. The lowest BCUT2D eigenvalue weighted by Crippen LogP contribution is -2.47. The molecule has 0 bridgehead atoms. The summed E-state index contributed by atoms with van der Waals surface area (Å²) in [4.78, 5) is 32.1. The van der Waals surface area contributed by atoms with E-state index in [2.05, 4.69) is 10.6 Å². The summed E-state index contributed by atoms with van der Waals surface area (Å²) in [6.45, 7) is 3.46. The first-order valence-corrected chi connectivity index (χ1v) is 4.84. The lowest BCUT2D eigenvalue weighted by atomic mass is 10.1. The highest BCUT2D eigenvalue weighted by molar-refractivity contribution is 5.83. The molecule has 7 nitrogen and oxygen atoms in total. The summed E-state index contributed by atoms with van der Waals surface area (Å²) >= 11 is 0. The maximum Gasteiger partial charge on any atom is 0.326 e. The van der Waals surface area contributed by atoms with Crippen molar-refractivity contribution in [2.24, 2.45) is 0 Å². The molecule has 1 atom stereocenters. The van der Waals surface area contributed by atoms with Crippen LogP contribution in [0.2, 0.25) is 0 Å². The molecule has 0 aliphatic rings. The molecule has 0 saturated carbocycles. The van der Waals surface area contributed by atoms with Crippen LogP contribution in [0.15, 0.2) is 0 Å². The van der Waals surface area contributed by atoms with Crippen LogP contribution in [0.5, 0.6) is 0 Å². The Hall–Kier alpha value is -1.79. The molecule has 0 fully saturated rings. The monoisotopic (exact) mass is 232 g/mol. The van der Waals surface area contributed by atoms with Crippen molar-refractivity contribution < 1.29 is 24.6 Å². The molecule has 0 saturated heterocycles. The van der Waals surface area contributed by atoms with Crippen LogP contribution in [0.25, 0.3) is 0 Å². The highest BCUT2D eigenvalue weighted by Crippen LogP contribution is 1.98. The van der Waals surface area contributed by atoms with E-state index in [0.29, 0.717) is 0 Å². The smallest absolute Gasteiger partial charge is 0.326 e. The van der Waals surface area contributed by atoms with E-state index in [1.165, 1.54) is 0 Å². The highest BCUT2D eigenvalue weighted by Gasteiger charge is 2.20. The lowest BCUT2D eigenvalue weighted by Gasteiger charge is -2.15. The molecule has 92 valence electrons. The Morgan fingerprint density at radius 1 is 1.12 bits per heavy atom. The number of aliphatic carboxylic acids is 2. The number of nitrogens with one attached hydrogen (secondary N) is 2. The van der Waals surface area contributed by atoms with Crippen LogP contribution in [0, 0.1) is 0 Å². The third kappa shape index (κ3) is 6.63. The van der Waals surface area contributed by atoms with Crippen molar-refractivity contribution in [1.29, 1.82) is 0 Å². The summed E-state index contributed by atoms with van der Waals surface area (Å²) in [7, 11) is 0. The van der Waals surface area contributed by atoms with Crippen molar-refractivity contribution in [3.05, 3.63) is 0 Å². The first-order chi connectivity index (χ1) is 7.32. The van der Waals surface area contributed by atoms with Gasteiger partial charge in [0.1, 0.15) is 6.04 Å². The van der Waals surface area contributed by atoms with E-state index in [4.69, 9.17) is 10.2 Å². The van der Waals surface area contributed by atoms with Crippen molar-refractivity contribution >= 4 is 18.0 Å². The molecule has 0 aromatic heterocycles. The van der Waals surface area contributed by atoms with Crippen molar-refractivity contribution in [2.75, 3.05) is 0 Å². The zero-order chi connectivity index (χ0) is 12.7. The third-order valence-electron chi connectivity index (χ3n) is 1.67. The van der Waals surface area contributed by atoms with Crippen molar-refractivity contribution in [3.63, 3.8) is 0 Å². The second kappa shape index (κ2) is 6.65. The maximum absolute atomic E-state index is 11.2. The standard InChI is InChI=1S/C9H16N2O5/c1-5(2)10-9(16)11-6(8(14)15)3-4-7(12)13/h5-6H,3-4H2,1-2H3,(H,12,13)(H,14,15)(H2,10,11,16)/t6-/m0/s1. The maximum atomic E-state index is 11.2. The molecule has 0 aromatic rings. The van der Waals surface area contributed by atoms with Crippen molar-refractivity contribution in [2.45, 2.75) is 38.8 Å². The predicted octanol–water partition coefficient (Wildman–Crippen LogP) is 0.0120. The number of hydrogen-bond acceptors (Lipinski definition) is 3. The Kier molecular flexibility index (Phi) is 5.91. The van der Waals surface area contributed by atoms with Gasteiger partial charge in [-0.1, -0.05) is 0 Å². The SMILES string of the molecule is CC(C)NC(=O)N[C@@H](CCC(=O)O)C(=O)O. The van der Waals surface area contributed by atoms with Crippen LogP contribution >= 0.6 is 0 Å². The largest absolute Gasteiger partial charge is 0.481 e. The molecular weight excluding hydrogens is 216 g/mol. The van der Waals surface area contributed by atoms with Gasteiger partial charge in [0.05, 0.1) is 0 Å². The average molecular weight is 232 g/mol. The van der Waals surface area contributed by atoms with E-state index in [-0.39, 0.29) is 18.9 Å². The zero-order valence-corrected chi connectivity index (χ0v) is 9.19. The summed E-state index contributed by atoms with van der Waals surface area (Å²) in [6, 6.07) is -1.92. The molecule has 0 radical (unpaired) electrons. The van der Waals surface area contributed by atoms with Gasteiger partial charge in [-0.25, -0.2) is 9.59 Å². The van der Waals surface area contributed by atoms with E-state index in [1.54, 1.807) is 13.8 Å². The fraction of sp³-hybridized carbons (Fsp3) is 0.667. The molecule has 0 unspecified atom stereocenters. The summed E-state index contributed by atoms with van der Waals surface area (Å²) in [5.74, 6) is -2.35. The number of rotatable bonds is 6. The van der Waals surface area contributed by atoms with E-state index < -0.39 is 24.0 Å². The van der Waals surface area contributed by atoms with E-state index in [0.717, 1.165) is 0 Å². The summed E-state index contributed by atoms with van der Waals surface area (Å²) in [5, 5.41) is 21.8. The fourth-order valence-corrected chi connectivity index (χ4v) is 0.987. The third-order valence-corrected chi connectivity index (χ3v) is 1.67. The van der Waals surface area contributed by atoms with Gasteiger partial charge in [0.25, 0.3) is 0 Å². The van der Waals surface area contributed by atoms with E-state index >= 15 is 0 Å². The Morgan fingerprint density at radius 3 is 2.06 bits per heavy atom. The molecular formula is C9H16N2O5. The Bertz CT molecular complexity index is 277. The van der Waals surface area contributed by atoms with Gasteiger partial charge in [0.15, 0.2) is 0 Å². The predicted molar refractivity (Wildman–Crippen MR) is 55.1 cm³/mol. The van der Waals surface area contributed by atoms with Crippen LogP contribution in [0.1, 0.15) is 26.7 Å². The molecule has 0 heterocycles. The minimum Gasteiger partial charge on any atom is -0.481 e. The number of hydrogen-bond donors (Lipinski definition) is 4. The van der Waals surface area contributed by atoms with Gasteiger partial charge in [0, 0.05) is 12.5 Å². The van der Waals surface area contributed by atoms with Crippen LogP contribution in [0.3, 0.4) is 0 Å². The molecule has 0 rings (SSSR count). The molecule has 0 aliphatic heterocycles. The highest BCUT2D eigenvalue weighted by atomic mass is 16.4. The lowest BCUT2D eigenvalue weighted by molar-refractivity contribution is -0.140. The molecule has 16 heavy (non-hydrogen) atoms. The van der Waals surface area contributed by atoms with Gasteiger partial charge in [-0.2, -0.15) is 0 Å². The summed E-state index contributed by atoms with van der Waals surface area (Å²) in [5.41, 5.74) is 0. The Labute approximate surface area is 92.8 Å². The summed E-state index contributed by atoms with van der Waals surface area (Å²) in [6.07, 6.45) is -0.449. The molecule has 7 heteroatoms. The van der Waals surface area contributed by atoms with E-state index in [9.17, 15) is 14.4 Å². The van der Waals surface area contributed by atoms with Crippen LogP contribution in [0.4, 0.5) is 4.79 Å².